The van der Waals surface area contributed by atoms with E-state index in [-0.39, 0.29) is 35.5 Å². The molecule has 0 saturated heterocycles. The number of cyclic esters (lactones) is 1. The van der Waals surface area contributed by atoms with Gasteiger partial charge < -0.3 is 20.1 Å². The Balaban J connectivity index is 1.79. The molecular weight excluding hydrogens is 434 g/mol. The number of hydrogen-bond donors (Lipinski definition) is 2. The number of ether oxygens (including phenoxy) is 1. The Labute approximate surface area is 195 Å². The zero-order valence-corrected chi connectivity index (χ0v) is 19.3. The SMILES string of the molecule is CCc1cc(N)c(/C=C/C(C)=O)c2cc3c(nc12)-c1cc2c(c(=O)n1C3)COC(=O)[C@]2(O)CC. The van der Waals surface area contributed by atoms with Crippen LogP contribution in [0.15, 0.2) is 29.1 Å². The summed E-state index contributed by atoms with van der Waals surface area (Å²) in [6.07, 6.45) is 3.96. The highest BCUT2D eigenvalue weighted by molar-refractivity contribution is 6.01. The number of rotatable bonds is 4. The van der Waals surface area contributed by atoms with Gasteiger partial charge in [0.2, 0.25) is 0 Å². The van der Waals surface area contributed by atoms with E-state index in [9.17, 15) is 19.5 Å². The van der Waals surface area contributed by atoms with Crippen molar-refractivity contribution in [3.63, 3.8) is 0 Å². The van der Waals surface area contributed by atoms with Crippen LogP contribution in [0.3, 0.4) is 0 Å². The van der Waals surface area contributed by atoms with Gasteiger partial charge in [0, 0.05) is 27.8 Å². The summed E-state index contributed by atoms with van der Waals surface area (Å²) in [5.74, 6) is -0.840. The minimum absolute atomic E-state index is 0.0881. The second kappa shape index (κ2) is 7.63. The van der Waals surface area contributed by atoms with E-state index in [1.54, 1.807) is 23.6 Å². The maximum Gasteiger partial charge on any atom is 0.343 e. The molecule has 0 spiro atoms. The number of fused-ring (bicyclic) bond motifs is 5. The van der Waals surface area contributed by atoms with Crippen LogP contribution in [-0.2, 0) is 39.5 Å². The van der Waals surface area contributed by atoms with E-state index in [0.717, 1.165) is 22.0 Å². The molecule has 5 rings (SSSR count). The molecule has 2 aliphatic heterocycles. The van der Waals surface area contributed by atoms with Crippen LogP contribution in [0.4, 0.5) is 5.69 Å². The van der Waals surface area contributed by atoms with Crippen molar-refractivity contribution in [2.45, 2.75) is 52.4 Å². The summed E-state index contributed by atoms with van der Waals surface area (Å²) in [5, 5.41) is 11.8. The van der Waals surface area contributed by atoms with Gasteiger partial charge in [0.05, 0.1) is 29.0 Å². The van der Waals surface area contributed by atoms with Gasteiger partial charge in [-0.2, -0.15) is 0 Å². The van der Waals surface area contributed by atoms with E-state index >= 15 is 0 Å². The summed E-state index contributed by atoms with van der Waals surface area (Å²) in [4.78, 5) is 42.2. The molecule has 3 aromatic rings. The average molecular weight is 460 g/mol. The molecule has 0 fully saturated rings. The van der Waals surface area contributed by atoms with Gasteiger partial charge in [-0.1, -0.05) is 13.8 Å². The van der Waals surface area contributed by atoms with E-state index in [1.165, 1.54) is 13.0 Å². The van der Waals surface area contributed by atoms with E-state index in [0.29, 0.717) is 35.6 Å². The first-order chi connectivity index (χ1) is 16.2. The quantitative estimate of drug-likeness (QED) is 0.273. The molecule has 0 saturated carbocycles. The summed E-state index contributed by atoms with van der Waals surface area (Å²) < 4.78 is 6.73. The fraction of sp³-hybridized carbons (Fsp3) is 0.308. The van der Waals surface area contributed by atoms with Crippen LogP contribution in [0, 0.1) is 0 Å². The first kappa shape index (κ1) is 22.0. The fourth-order valence-corrected chi connectivity index (χ4v) is 4.92. The number of aliphatic hydroxyl groups is 1. The number of ketones is 1. The van der Waals surface area contributed by atoms with Gasteiger partial charge in [0.25, 0.3) is 5.56 Å². The molecule has 3 N–H and O–H groups in total. The number of nitrogen functional groups attached to an aromatic ring is 1. The number of allylic oxidation sites excluding steroid dienone is 1. The minimum Gasteiger partial charge on any atom is -0.458 e. The maximum atomic E-state index is 13.4. The van der Waals surface area contributed by atoms with Crippen LogP contribution < -0.4 is 11.3 Å². The van der Waals surface area contributed by atoms with Crippen molar-refractivity contribution in [2.24, 2.45) is 0 Å². The first-order valence-corrected chi connectivity index (χ1v) is 11.3. The number of aryl methyl sites for hydroxylation is 1. The Morgan fingerprint density at radius 2 is 2.06 bits per heavy atom. The molecule has 1 aromatic carbocycles. The van der Waals surface area contributed by atoms with Crippen LogP contribution in [0.5, 0.6) is 0 Å². The standard InChI is InChI=1S/C26H25N3O5/c1-4-14-9-20(27)16(7-6-13(3)30)17-8-15-11-29-21(23(15)28-22(14)17)10-19-18(24(29)31)12-34-25(32)26(19,33)5-2/h6-10,33H,4-5,11-12,27H2,1-3H3/b7-6+/t26-/m0/s1. The van der Waals surface area contributed by atoms with Gasteiger partial charge in [-0.05, 0) is 55.7 Å². The lowest BCUT2D eigenvalue weighted by Gasteiger charge is -2.31. The molecule has 2 aromatic heterocycles. The molecule has 0 unspecified atom stereocenters. The lowest BCUT2D eigenvalue weighted by molar-refractivity contribution is -0.172. The summed E-state index contributed by atoms with van der Waals surface area (Å²) in [6, 6.07) is 5.53. The lowest BCUT2D eigenvalue weighted by Crippen LogP contribution is -2.44. The van der Waals surface area contributed by atoms with E-state index in [2.05, 4.69) is 0 Å². The average Bonchev–Trinajstić information content (AvgIpc) is 3.17. The molecule has 0 aliphatic carbocycles. The minimum atomic E-state index is -1.87. The zero-order valence-electron chi connectivity index (χ0n) is 19.3. The number of nitrogens with zero attached hydrogens (tertiary/aromatic N) is 2. The van der Waals surface area contributed by atoms with Crippen LogP contribution in [-0.4, -0.2) is 26.4 Å². The number of carbonyl (C=O) groups is 2. The van der Waals surface area contributed by atoms with E-state index in [4.69, 9.17) is 15.5 Å². The van der Waals surface area contributed by atoms with Crippen LogP contribution >= 0.6 is 0 Å². The fourth-order valence-electron chi connectivity index (χ4n) is 4.92. The maximum absolute atomic E-state index is 13.4. The van der Waals surface area contributed by atoms with Crippen molar-refractivity contribution in [3.8, 4) is 11.4 Å². The van der Waals surface area contributed by atoms with Crippen molar-refractivity contribution in [1.29, 1.82) is 0 Å². The number of nitrogens with two attached hydrogens (primary N) is 1. The number of pyridine rings is 2. The normalized spacial score (nSPS) is 18.6. The number of esters is 1. The molecule has 2 aliphatic rings. The Morgan fingerprint density at radius 3 is 2.74 bits per heavy atom. The number of benzene rings is 1. The Hall–Kier alpha value is -3.78. The second-order valence-corrected chi connectivity index (χ2v) is 8.83. The molecule has 34 heavy (non-hydrogen) atoms. The monoisotopic (exact) mass is 459 g/mol. The molecule has 4 heterocycles. The molecule has 0 amide bonds. The highest BCUT2D eigenvalue weighted by Crippen LogP contribution is 2.40. The summed E-state index contributed by atoms with van der Waals surface area (Å²) in [5.41, 5.74) is 9.68. The topological polar surface area (TPSA) is 125 Å². The molecular formula is C26H25N3O5. The van der Waals surface area contributed by atoms with Crippen LogP contribution in [0.25, 0.3) is 28.4 Å². The van der Waals surface area contributed by atoms with Gasteiger partial charge in [0.15, 0.2) is 11.4 Å². The van der Waals surface area contributed by atoms with Crippen molar-refractivity contribution in [1.82, 2.24) is 9.55 Å². The summed E-state index contributed by atoms with van der Waals surface area (Å²) >= 11 is 0. The van der Waals surface area contributed by atoms with Gasteiger partial charge in [0.1, 0.15) is 6.61 Å². The lowest BCUT2D eigenvalue weighted by atomic mass is 9.86. The summed E-state index contributed by atoms with van der Waals surface area (Å²) in [7, 11) is 0. The van der Waals surface area contributed by atoms with Gasteiger partial charge in [-0.3, -0.25) is 9.59 Å². The van der Waals surface area contributed by atoms with E-state index < -0.39 is 11.6 Å². The molecule has 174 valence electrons. The number of aromatic nitrogens is 2. The highest BCUT2D eigenvalue weighted by atomic mass is 16.6. The molecule has 0 radical (unpaired) electrons. The third-order valence-electron chi connectivity index (χ3n) is 6.82. The molecule has 8 heteroatoms. The van der Waals surface area contributed by atoms with Gasteiger partial charge in [-0.15, -0.1) is 0 Å². The number of anilines is 1. The Kier molecular flexibility index (Phi) is 4.95. The molecule has 0 bridgehead atoms. The van der Waals surface area contributed by atoms with Crippen LogP contribution in [0.2, 0.25) is 0 Å². The third-order valence-corrected chi connectivity index (χ3v) is 6.82. The second-order valence-electron chi connectivity index (χ2n) is 8.83. The smallest absolute Gasteiger partial charge is 0.343 e. The van der Waals surface area contributed by atoms with Gasteiger partial charge in [-0.25, -0.2) is 9.78 Å². The third kappa shape index (κ3) is 3.02. The van der Waals surface area contributed by atoms with Crippen LogP contribution in [0.1, 0.15) is 55.0 Å². The largest absolute Gasteiger partial charge is 0.458 e. The predicted molar refractivity (Wildman–Crippen MR) is 128 cm³/mol. The zero-order chi connectivity index (χ0) is 24.4. The van der Waals surface area contributed by atoms with Crippen molar-refractivity contribution >= 4 is 34.4 Å². The molecule has 1 atom stereocenters. The number of carbonyl (C=O) groups excluding carboxylic acids is 2. The Morgan fingerprint density at radius 1 is 1.29 bits per heavy atom. The van der Waals surface area contributed by atoms with Crippen molar-refractivity contribution in [3.05, 3.63) is 62.4 Å². The van der Waals surface area contributed by atoms with Gasteiger partial charge >= 0.3 is 5.97 Å². The van der Waals surface area contributed by atoms with E-state index in [1.807, 2.05) is 19.1 Å². The van der Waals surface area contributed by atoms with Crippen molar-refractivity contribution in [2.75, 3.05) is 5.73 Å². The van der Waals surface area contributed by atoms with Crippen molar-refractivity contribution < 1.29 is 19.4 Å². The number of hydrogen-bond acceptors (Lipinski definition) is 7. The first-order valence-electron chi connectivity index (χ1n) is 11.3. The molecule has 8 nitrogen and oxygen atoms in total. The Bertz CT molecular complexity index is 1500. The summed E-state index contributed by atoms with van der Waals surface area (Å²) in [6.45, 7) is 5.29. The highest BCUT2D eigenvalue weighted by Gasteiger charge is 2.45. The predicted octanol–water partition coefficient (Wildman–Crippen LogP) is 2.83.